The van der Waals surface area contributed by atoms with Crippen LogP contribution in [0.25, 0.3) is 0 Å². The first-order valence-corrected chi connectivity index (χ1v) is 27.6. The van der Waals surface area contributed by atoms with Gasteiger partial charge in [-0.05, 0) is 104 Å². The molecule has 0 aromatic carbocycles. The summed E-state index contributed by atoms with van der Waals surface area (Å²) in [7, 11) is -12.8. The van der Waals surface area contributed by atoms with Crippen molar-refractivity contribution in [3.8, 4) is 0 Å². The standard InChI is InChI=1S/C32H56O16Si4/c1-25(33)21-29(37)41-13-9-17-49(5)45-50(6,18-10-14-42-30(38)22-26(2)34)47-52(8,20-12-16-44-32(40)24-28(4)36)48-51(7,46-49)19-11-15-43-31(39)23-27(3)35/h9-24H2,1-8H3. The summed E-state index contributed by atoms with van der Waals surface area (Å²) in [4.78, 5) is 93.3. The number of hydrogen-bond donors (Lipinski definition) is 0. The van der Waals surface area contributed by atoms with E-state index in [1.165, 1.54) is 27.7 Å². The van der Waals surface area contributed by atoms with Gasteiger partial charge in [-0.25, -0.2) is 0 Å². The summed E-state index contributed by atoms with van der Waals surface area (Å²) in [5.41, 5.74) is 0. The lowest BCUT2D eigenvalue weighted by molar-refractivity contribution is -0.147. The summed E-state index contributed by atoms with van der Waals surface area (Å²) in [6.45, 7) is 12.9. The first kappa shape index (κ1) is 47.3. The predicted octanol–water partition coefficient (Wildman–Crippen LogP) is 4.00. The number of carbonyl (C=O) groups excluding carboxylic acids is 8. The van der Waals surface area contributed by atoms with Crippen LogP contribution in [-0.2, 0) is 73.8 Å². The van der Waals surface area contributed by atoms with Gasteiger partial charge in [0.25, 0.3) is 0 Å². The molecule has 0 amide bonds. The van der Waals surface area contributed by atoms with Crippen LogP contribution in [0.4, 0.5) is 0 Å². The molecule has 0 radical (unpaired) electrons. The van der Waals surface area contributed by atoms with Gasteiger partial charge >= 0.3 is 58.1 Å². The smallest absolute Gasteiger partial charge is 0.317 e. The zero-order chi connectivity index (χ0) is 39.6. The Kier molecular flexibility index (Phi) is 20.4. The highest BCUT2D eigenvalue weighted by Gasteiger charge is 2.56. The van der Waals surface area contributed by atoms with E-state index in [0.717, 1.165) is 0 Å². The van der Waals surface area contributed by atoms with Crippen LogP contribution in [0.1, 0.15) is 79.1 Å². The Hall–Kier alpha value is -2.73. The lowest BCUT2D eigenvalue weighted by atomic mass is 10.3. The SMILES string of the molecule is CC(=O)CC(=O)OCCC[Si]1(C)O[Si](C)(CCCOC(=O)CC(C)=O)O[Si](C)(CCCOC(=O)CC(C)=O)O[Si](C)(CCCOC(=O)CC(C)=O)O1. The highest BCUT2D eigenvalue weighted by atomic mass is 28.5. The molecule has 52 heavy (non-hydrogen) atoms. The highest BCUT2D eigenvalue weighted by Crippen LogP contribution is 2.38. The largest absolute Gasteiger partial charge is 0.465 e. The van der Waals surface area contributed by atoms with Crippen molar-refractivity contribution in [1.82, 2.24) is 0 Å². The Morgan fingerprint density at radius 3 is 0.692 bits per heavy atom. The van der Waals surface area contributed by atoms with Crippen molar-refractivity contribution in [1.29, 1.82) is 0 Å². The second-order valence-electron chi connectivity index (χ2n) is 13.8. The van der Waals surface area contributed by atoms with Gasteiger partial charge in [0.15, 0.2) is 0 Å². The predicted molar refractivity (Wildman–Crippen MR) is 194 cm³/mol. The first-order valence-electron chi connectivity index (χ1n) is 17.5. The quantitative estimate of drug-likeness (QED) is 0.0443. The second kappa shape index (κ2) is 22.5. The van der Waals surface area contributed by atoms with E-state index in [4.69, 9.17) is 35.4 Å². The third-order valence-electron chi connectivity index (χ3n) is 7.45. The molecular weight excluding hydrogens is 753 g/mol. The Morgan fingerprint density at radius 2 is 0.538 bits per heavy atom. The molecular formula is C32H56O16Si4. The molecule has 1 heterocycles. The number of ketones is 4. The molecule has 296 valence electrons. The minimum atomic E-state index is -3.20. The molecule has 20 heteroatoms. The summed E-state index contributed by atoms with van der Waals surface area (Å²) >= 11 is 0. The van der Waals surface area contributed by atoms with E-state index >= 15 is 0 Å². The second-order valence-corrected chi connectivity index (χ2v) is 28.1. The summed E-state index contributed by atoms with van der Waals surface area (Å²) in [5.74, 6) is -3.75. The van der Waals surface area contributed by atoms with Crippen molar-refractivity contribution >= 4 is 81.3 Å². The Bertz CT molecular complexity index is 1090. The maximum Gasteiger partial charge on any atom is 0.317 e. The molecule has 16 nitrogen and oxygen atoms in total. The van der Waals surface area contributed by atoms with E-state index in [-0.39, 0.29) is 75.2 Å². The molecule has 0 spiro atoms. The van der Waals surface area contributed by atoms with Crippen molar-refractivity contribution in [2.75, 3.05) is 26.4 Å². The van der Waals surface area contributed by atoms with Crippen LogP contribution in [-0.4, -0.2) is 108 Å². The normalized spacial score (nSPS) is 24.5. The van der Waals surface area contributed by atoms with E-state index in [1.54, 1.807) is 0 Å². The molecule has 1 rings (SSSR count). The Morgan fingerprint density at radius 1 is 0.365 bits per heavy atom. The number of hydrogen-bond acceptors (Lipinski definition) is 16. The minimum Gasteiger partial charge on any atom is -0.465 e. The van der Waals surface area contributed by atoms with Crippen molar-refractivity contribution in [3.05, 3.63) is 0 Å². The van der Waals surface area contributed by atoms with Gasteiger partial charge in [0.1, 0.15) is 48.8 Å². The fourth-order valence-corrected chi connectivity index (χ4v) is 28.8. The van der Waals surface area contributed by atoms with Gasteiger partial charge in [-0.15, -0.1) is 0 Å². The van der Waals surface area contributed by atoms with E-state index in [2.05, 4.69) is 0 Å². The molecule has 1 aliphatic rings. The molecule has 1 aliphatic heterocycles. The van der Waals surface area contributed by atoms with Gasteiger partial charge < -0.3 is 35.4 Å². The van der Waals surface area contributed by atoms with Gasteiger partial charge in [-0.2, -0.15) is 0 Å². The van der Waals surface area contributed by atoms with E-state index in [1.807, 2.05) is 26.2 Å². The molecule has 0 aromatic rings. The Labute approximate surface area is 310 Å². The van der Waals surface area contributed by atoms with Gasteiger partial charge in [-0.1, -0.05) is 0 Å². The number of carbonyl (C=O) groups is 8. The number of ether oxygens (including phenoxy) is 4. The minimum absolute atomic E-state index is 0.0344. The highest BCUT2D eigenvalue weighted by molar-refractivity contribution is 6.93. The van der Waals surface area contributed by atoms with Crippen LogP contribution in [0.2, 0.25) is 50.4 Å². The molecule has 0 bridgehead atoms. The fourth-order valence-electron chi connectivity index (χ4n) is 5.65. The van der Waals surface area contributed by atoms with E-state index in [0.29, 0.717) is 49.9 Å². The third kappa shape index (κ3) is 21.1. The first-order chi connectivity index (χ1) is 24.1. The topological polar surface area (TPSA) is 210 Å². The average Bonchev–Trinajstić information content (AvgIpc) is 2.96. The summed E-state index contributed by atoms with van der Waals surface area (Å²) in [6, 6.07) is 1.52. The van der Waals surface area contributed by atoms with Crippen LogP contribution in [0.15, 0.2) is 0 Å². The monoisotopic (exact) mass is 808 g/mol. The van der Waals surface area contributed by atoms with Crippen LogP contribution in [0, 0.1) is 0 Å². The molecule has 0 aromatic heterocycles. The Balaban J connectivity index is 3.31. The van der Waals surface area contributed by atoms with Crippen molar-refractivity contribution in [2.24, 2.45) is 0 Å². The maximum absolute atomic E-state index is 12.0. The van der Waals surface area contributed by atoms with Crippen LogP contribution >= 0.6 is 0 Å². The van der Waals surface area contributed by atoms with Crippen LogP contribution < -0.4 is 0 Å². The summed E-state index contributed by atoms with van der Waals surface area (Å²) in [6.07, 6.45) is 0.164. The van der Waals surface area contributed by atoms with Gasteiger partial charge in [0.2, 0.25) is 0 Å². The molecule has 0 aliphatic carbocycles. The molecule has 1 fully saturated rings. The molecule has 0 N–H and O–H groups in total. The average molecular weight is 809 g/mol. The zero-order valence-electron chi connectivity index (χ0n) is 31.8. The number of esters is 4. The zero-order valence-corrected chi connectivity index (χ0v) is 35.8. The molecule has 0 atom stereocenters. The van der Waals surface area contributed by atoms with Gasteiger partial charge in [0, 0.05) is 0 Å². The molecule has 1 saturated heterocycles. The van der Waals surface area contributed by atoms with E-state index < -0.39 is 58.1 Å². The van der Waals surface area contributed by atoms with Crippen molar-refractivity contribution < 1.29 is 73.8 Å². The van der Waals surface area contributed by atoms with Crippen molar-refractivity contribution in [3.63, 3.8) is 0 Å². The fraction of sp³-hybridized carbons (Fsp3) is 0.750. The van der Waals surface area contributed by atoms with Gasteiger partial charge in [-0.3, -0.25) is 38.4 Å². The number of Topliss-reactive ketones (excluding diaryl/α,β-unsaturated/α-hetero) is 4. The van der Waals surface area contributed by atoms with Crippen LogP contribution in [0.3, 0.4) is 0 Å². The van der Waals surface area contributed by atoms with Crippen molar-refractivity contribution in [2.45, 2.75) is 129 Å². The number of rotatable bonds is 24. The summed E-state index contributed by atoms with van der Waals surface area (Å²) < 4.78 is 48.9. The lowest BCUT2D eigenvalue weighted by Crippen LogP contribution is -2.67. The van der Waals surface area contributed by atoms with Crippen LogP contribution in [0.5, 0.6) is 0 Å². The molecule has 0 unspecified atom stereocenters. The van der Waals surface area contributed by atoms with Gasteiger partial charge in [0.05, 0.1) is 26.4 Å². The maximum atomic E-state index is 12.0. The lowest BCUT2D eigenvalue weighted by Gasteiger charge is -2.50. The summed E-state index contributed by atoms with van der Waals surface area (Å²) in [5, 5.41) is 0. The molecule has 0 saturated carbocycles. The van der Waals surface area contributed by atoms with E-state index in [9.17, 15) is 38.4 Å². The third-order valence-corrected chi connectivity index (χ3v) is 26.3.